The molecule has 8 heteroatoms. The lowest BCUT2D eigenvalue weighted by Crippen LogP contribution is -2.37. The van der Waals surface area contributed by atoms with Gasteiger partial charge in [-0.2, -0.15) is 0 Å². The first-order valence-corrected chi connectivity index (χ1v) is 10.1. The quantitative estimate of drug-likeness (QED) is 0.592. The monoisotopic (exact) mass is 375 g/mol. The highest BCUT2D eigenvalue weighted by atomic mass is 32.2. The third-order valence-electron chi connectivity index (χ3n) is 4.40. The lowest BCUT2D eigenvalue weighted by atomic mass is 10.2. The Balaban J connectivity index is 1.59. The zero-order chi connectivity index (χ0) is 18.6. The van der Waals surface area contributed by atoms with Crippen molar-refractivity contribution in [3.05, 3.63) is 75.8 Å². The molecule has 0 radical (unpaired) electrons. The van der Waals surface area contributed by atoms with Crippen LogP contribution in [0.25, 0.3) is 0 Å². The number of nitro benzene ring substituents is 1. The highest BCUT2D eigenvalue weighted by Crippen LogP contribution is 2.21. The molecule has 0 spiro atoms. The SMILES string of the molecule is O=[N+]([O-])c1ccccc1CS(=O)(=O)NC1CCN(Cc2ccccc2)C1. The van der Waals surface area contributed by atoms with Gasteiger partial charge in [0.2, 0.25) is 10.0 Å². The summed E-state index contributed by atoms with van der Waals surface area (Å²) in [5, 5.41) is 11.1. The van der Waals surface area contributed by atoms with Crippen LogP contribution in [0.15, 0.2) is 54.6 Å². The molecule has 1 fully saturated rings. The second kappa shape index (κ2) is 7.94. The van der Waals surface area contributed by atoms with Crippen LogP contribution in [-0.2, 0) is 22.3 Å². The molecule has 3 rings (SSSR count). The molecule has 138 valence electrons. The van der Waals surface area contributed by atoms with Gasteiger partial charge in [-0.1, -0.05) is 48.5 Å². The van der Waals surface area contributed by atoms with Crippen molar-refractivity contribution in [3.63, 3.8) is 0 Å². The van der Waals surface area contributed by atoms with Crippen molar-refractivity contribution < 1.29 is 13.3 Å². The van der Waals surface area contributed by atoms with Crippen LogP contribution < -0.4 is 4.72 Å². The summed E-state index contributed by atoms with van der Waals surface area (Å²) in [6.07, 6.45) is 0.725. The molecule has 0 amide bonds. The highest BCUT2D eigenvalue weighted by molar-refractivity contribution is 7.88. The predicted octanol–water partition coefficient (Wildman–Crippen LogP) is 2.29. The Labute approximate surface area is 152 Å². The van der Waals surface area contributed by atoms with Gasteiger partial charge in [0.05, 0.1) is 10.7 Å². The maximum atomic E-state index is 12.4. The van der Waals surface area contributed by atoms with Crippen molar-refractivity contribution in [2.24, 2.45) is 0 Å². The van der Waals surface area contributed by atoms with Gasteiger partial charge >= 0.3 is 0 Å². The normalized spacial score (nSPS) is 18.1. The first-order chi connectivity index (χ1) is 12.4. The van der Waals surface area contributed by atoms with Crippen molar-refractivity contribution in [3.8, 4) is 0 Å². The molecule has 1 aliphatic heterocycles. The molecular weight excluding hydrogens is 354 g/mol. The molecule has 1 atom stereocenters. The van der Waals surface area contributed by atoms with Gasteiger partial charge < -0.3 is 0 Å². The summed E-state index contributed by atoms with van der Waals surface area (Å²) in [6, 6.07) is 15.8. The molecule has 7 nitrogen and oxygen atoms in total. The summed E-state index contributed by atoms with van der Waals surface area (Å²) in [6.45, 7) is 2.22. The number of benzene rings is 2. The van der Waals surface area contributed by atoms with Gasteiger partial charge in [0.25, 0.3) is 5.69 Å². The molecular formula is C18H21N3O4S. The van der Waals surface area contributed by atoms with Crippen molar-refractivity contribution in [1.82, 2.24) is 9.62 Å². The van der Waals surface area contributed by atoms with E-state index in [4.69, 9.17) is 0 Å². The smallest absolute Gasteiger partial charge is 0.273 e. The minimum absolute atomic E-state index is 0.171. The van der Waals surface area contributed by atoms with E-state index >= 15 is 0 Å². The van der Waals surface area contributed by atoms with E-state index in [0.717, 1.165) is 19.5 Å². The molecule has 1 aliphatic rings. The molecule has 0 bridgehead atoms. The van der Waals surface area contributed by atoms with Crippen molar-refractivity contribution in [1.29, 1.82) is 0 Å². The molecule has 2 aromatic carbocycles. The molecule has 0 aromatic heterocycles. The second-order valence-electron chi connectivity index (χ2n) is 6.47. The van der Waals surface area contributed by atoms with E-state index in [-0.39, 0.29) is 23.0 Å². The minimum atomic E-state index is -3.65. The van der Waals surface area contributed by atoms with E-state index in [1.807, 2.05) is 30.3 Å². The molecule has 0 aliphatic carbocycles. The minimum Gasteiger partial charge on any atom is -0.297 e. The van der Waals surface area contributed by atoms with Crippen LogP contribution in [0.4, 0.5) is 5.69 Å². The Bertz CT molecular complexity index is 871. The van der Waals surface area contributed by atoms with Crippen LogP contribution in [0.5, 0.6) is 0 Å². The van der Waals surface area contributed by atoms with Crippen molar-refractivity contribution >= 4 is 15.7 Å². The summed E-state index contributed by atoms with van der Waals surface area (Å²) in [5.74, 6) is -0.390. The average molecular weight is 375 g/mol. The predicted molar refractivity (Wildman–Crippen MR) is 99.0 cm³/mol. The van der Waals surface area contributed by atoms with E-state index in [2.05, 4.69) is 9.62 Å². The first-order valence-electron chi connectivity index (χ1n) is 8.41. The molecule has 1 saturated heterocycles. The molecule has 2 aromatic rings. The highest BCUT2D eigenvalue weighted by Gasteiger charge is 2.28. The number of nitro groups is 1. The number of nitrogens with zero attached hydrogens (tertiary/aromatic N) is 2. The van der Waals surface area contributed by atoms with Crippen LogP contribution >= 0.6 is 0 Å². The Hall–Kier alpha value is -2.29. The van der Waals surface area contributed by atoms with E-state index in [9.17, 15) is 18.5 Å². The van der Waals surface area contributed by atoms with E-state index < -0.39 is 14.9 Å². The van der Waals surface area contributed by atoms with Gasteiger partial charge in [-0.25, -0.2) is 13.1 Å². The number of likely N-dealkylation sites (tertiary alicyclic amines) is 1. The maximum Gasteiger partial charge on any atom is 0.273 e. The average Bonchev–Trinajstić information content (AvgIpc) is 3.01. The molecule has 0 saturated carbocycles. The van der Waals surface area contributed by atoms with Gasteiger partial charge in [0, 0.05) is 37.3 Å². The molecule has 1 unspecified atom stereocenters. The van der Waals surface area contributed by atoms with Crippen LogP contribution in [0.2, 0.25) is 0 Å². The number of para-hydroxylation sites is 1. The van der Waals surface area contributed by atoms with Crippen LogP contribution in [0.1, 0.15) is 17.5 Å². The Kier molecular flexibility index (Phi) is 5.65. The fourth-order valence-corrected chi connectivity index (χ4v) is 4.66. The van der Waals surface area contributed by atoms with Crippen LogP contribution in [0, 0.1) is 10.1 Å². The van der Waals surface area contributed by atoms with E-state index in [1.165, 1.54) is 23.8 Å². The van der Waals surface area contributed by atoms with Crippen molar-refractivity contribution in [2.45, 2.75) is 24.8 Å². The fraction of sp³-hybridized carbons (Fsp3) is 0.333. The second-order valence-corrected chi connectivity index (χ2v) is 8.22. The number of rotatable bonds is 7. The molecule has 1 heterocycles. The zero-order valence-electron chi connectivity index (χ0n) is 14.2. The summed E-state index contributed by atoms with van der Waals surface area (Å²) in [5.41, 5.74) is 1.22. The summed E-state index contributed by atoms with van der Waals surface area (Å²) >= 11 is 0. The van der Waals surface area contributed by atoms with Gasteiger partial charge in [-0.05, 0) is 12.0 Å². The zero-order valence-corrected chi connectivity index (χ0v) is 15.1. The standard InChI is InChI=1S/C18H21N3O4S/c22-21(23)18-9-5-4-8-16(18)14-26(24,25)19-17-10-11-20(13-17)12-15-6-2-1-3-7-15/h1-9,17,19H,10-14H2. The lowest BCUT2D eigenvalue weighted by Gasteiger charge is -2.17. The fourth-order valence-electron chi connectivity index (χ4n) is 3.23. The Morgan fingerprint density at radius 3 is 2.54 bits per heavy atom. The molecule has 1 N–H and O–H groups in total. The third kappa shape index (κ3) is 4.87. The number of sulfonamides is 1. The lowest BCUT2D eigenvalue weighted by molar-refractivity contribution is -0.385. The van der Waals surface area contributed by atoms with Crippen LogP contribution in [-0.4, -0.2) is 37.4 Å². The largest absolute Gasteiger partial charge is 0.297 e. The van der Waals surface area contributed by atoms with E-state index in [1.54, 1.807) is 6.07 Å². The van der Waals surface area contributed by atoms with Crippen molar-refractivity contribution in [2.75, 3.05) is 13.1 Å². The Morgan fingerprint density at radius 1 is 1.12 bits per heavy atom. The van der Waals surface area contributed by atoms with Gasteiger partial charge in [-0.3, -0.25) is 15.0 Å². The first kappa shape index (κ1) is 18.5. The molecule has 26 heavy (non-hydrogen) atoms. The number of nitrogens with one attached hydrogen (secondary N) is 1. The van der Waals surface area contributed by atoms with Gasteiger partial charge in [-0.15, -0.1) is 0 Å². The number of hydrogen-bond acceptors (Lipinski definition) is 5. The van der Waals surface area contributed by atoms with E-state index in [0.29, 0.717) is 6.54 Å². The van der Waals surface area contributed by atoms with Gasteiger partial charge in [0.1, 0.15) is 0 Å². The van der Waals surface area contributed by atoms with Crippen LogP contribution in [0.3, 0.4) is 0 Å². The third-order valence-corrected chi connectivity index (χ3v) is 5.78. The van der Waals surface area contributed by atoms with Gasteiger partial charge in [0.15, 0.2) is 0 Å². The maximum absolute atomic E-state index is 12.4. The summed E-state index contributed by atoms with van der Waals surface area (Å²) in [7, 11) is -3.65. The summed E-state index contributed by atoms with van der Waals surface area (Å²) < 4.78 is 27.6. The topological polar surface area (TPSA) is 92.5 Å². The number of hydrogen-bond donors (Lipinski definition) is 1. The summed E-state index contributed by atoms with van der Waals surface area (Å²) in [4.78, 5) is 12.7. The Morgan fingerprint density at radius 2 is 1.81 bits per heavy atom.